The Kier molecular flexibility index (Phi) is 6.80. The number of Topliss-reactive ketones (excluding diaryl/α,β-unsaturated/α-hetero) is 1. The number of esters is 1. The van der Waals surface area contributed by atoms with E-state index in [-0.39, 0.29) is 18.6 Å². The van der Waals surface area contributed by atoms with E-state index in [1.807, 2.05) is 0 Å². The molecule has 1 aromatic carbocycles. The summed E-state index contributed by atoms with van der Waals surface area (Å²) < 4.78 is 15.6. The third-order valence-corrected chi connectivity index (χ3v) is 4.71. The lowest BCUT2D eigenvalue weighted by Crippen LogP contribution is -2.43. The van der Waals surface area contributed by atoms with Crippen LogP contribution in [0, 0.1) is 0 Å². The fourth-order valence-corrected chi connectivity index (χ4v) is 3.05. The first-order valence-corrected chi connectivity index (χ1v) is 9.62. The molecule has 0 spiro atoms. The lowest BCUT2D eigenvalue weighted by molar-refractivity contribution is -0.148. The molecule has 9 nitrogen and oxygen atoms in total. The van der Waals surface area contributed by atoms with E-state index in [1.165, 1.54) is 11.3 Å². The van der Waals surface area contributed by atoms with Gasteiger partial charge in [-0.15, -0.1) is 11.3 Å². The molecule has 0 unspecified atom stereocenters. The molecule has 0 saturated carbocycles. The maximum absolute atomic E-state index is 12.2. The number of carbonyl (C=O) groups excluding carboxylic acids is 4. The van der Waals surface area contributed by atoms with Gasteiger partial charge in [0.1, 0.15) is 13.2 Å². The van der Waals surface area contributed by atoms with Crippen molar-refractivity contribution in [2.24, 2.45) is 0 Å². The predicted octanol–water partition coefficient (Wildman–Crippen LogP) is 1.49. The van der Waals surface area contributed by atoms with Crippen LogP contribution in [-0.4, -0.2) is 43.4 Å². The van der Waals surface area contributed by atoms with Gasteiger partial charge in [-0.3, -0.25) is 30.0 Å². The Morgan fingerprint density at radius 3 is 2.55 bits per heavy atom. The van der Waals surface area contributed by atoms with Crippen molar-refractivity contribution >= 4 is 34.9 Å². The lowest BCUT2D eigenvalue weighted by Gasteiger charge is -2.18. The maximum Gasteiger partial charge on any atom is 0.306 e. The van der Waals surface area contributed by atoms with Gasteiger partial charge in [0.25, 0.3) is 11.8 Å². The summed E-state index contributed by atoms with van der Waals surface area (Å²) in [4.78, 5) is 47.7. The molecular formula is C19H18N2O7S. The van der Waals surface area contributed by atoms with Crippen molar-refractivity contribution in [2.75, 3.05) is 19.8 Å². The van der Waals surface area contributed by atoms with Crippen LogP contribution < -0.4 is 20.3 Å². The van der Waals surface area contributed by atoms with Gasteiger partial charge >= 0.3 is 5.97 Å². The van der Waals surface area contributed by atoms with Crippen LogP contribution in [0.1, 0.15) is 32.9 Å². The Bertz CT molecular complexity index is 911. The number of hydrogen-bond donors (Lipinski definition) is 2. The lowest BCUT2D eigenvalue weighted by atomic mass is 10.1. The Morgan fingerprint density at radius 1 is 1.00 bits per heavy atom. The third-order valence-electron chi connectivity index (χ3n) is 3.85. The first-order chi connectivity index (χ1) is 14.0. The van der Waals surface area contributed by atoms with Gasteiger partial charge in [0, 0.05) is 12.0 Å². The van der Waals surface area contributed by atoms with E-state index in [0.29, 0.717) is 35.2 Å². The third kappa shape index (κ3) is 5.79. The Balaban J connectivity index is 1.36. The molecule has 0 fully saturated rings. The second-order valence-electron chi connectivity index (χ2n) is 5.92. The zero-order chi connectivity index (χ0) is 20.6. The highest BCUT2D eigenvalue weighted by Crippen LogP contribution is 2.31. The topological polar surface area (TPSA) is 120 Å². The van der Waals surface area contributed by atoms with Gasteiger partial charge in [0.15, 0.2) is 23.9 Å². The van der Waals surface area contributed by atoms with E-state index in [4.69, 9.17) is 14.2 Å². The van der Waals surface area contributed by atoms with Crippen LogP contribution in [0.4, 0.5) is 0 Å². The summed E-state index contributed by atoms with van der Waals surface area (Å²) in [5.74, 6) is -1.05. The molecule has 0 atom stereocenters. The van der Waals surface area contributed by atoms with Crippen molar-refractivity contribution in [2.45, 2.75) is 12.8 Å². The number of thiophene rings is 1. The Morgan fingerprint density at radius 2 is 1.79 bits per heavy atom. The highest BCUT2D eigenvalue weighted by atomic mass is 32.1. The normalized spacial score (nSPS) is 12.0. The van der Waals surface area contributed by atoms with Crippen LogP contribution in [0.3, 0.4) is 0 Å². The highest BCUT2D eigenvalue weighted by Gasteiger charge is 2.17. The number of carbonyl (C=O) groups is 4. The second kappa shape index (κ2) is 9.69. The number of nitrogens with one attached hydrogen (secondary N) is 2. The van der Waals surface area contributed by atoms with Crippen molar-refractivity contribution in [3.63, 3.8) is 0 Å². The molecule has 2 N–H and O–H groups in total. The smallest absolute Gasteiger partial charge is 0.306 e. The molecule has 29 heavy (non-hydrogen) atoms. The summed E-state index contributed by atoms with van der Waals surface area (Å²) in [6.07, 6.45) is -0.253. The number of hydrogen-bond acceptors (Lipinski definition) is 8. The van der Waals surface area contributed by atoms with Crippen LogP contribution in [0.2, 0.25) is 0 Å². The zero-order valence-corrected chi connectivity index (χ0v) is 16.1. The number of amides is 2. The monoisotopic (exact) mass is 418 g/mol. The minimum Gasteiger partial charge on any atom is -0.486 e. The fraction of sp³-hybridized carbons (Fsp3) is 0.263. The van der Waals surface area contributed by atoms with Gasteiger partial charge in [-0.2, -0.15) is 0 Å². The SMILES string of the molecule is O=C(COC(=O)CCC(=O)c1ccc2c(c1)OCCO2)NNC(=O)c1cccs1. The van der Waals surface area contributed by atoms with Crippen molar-refractivity contribution in [3.8, 4) is 11.5 Å². The van der Waals surface area contributed by atoms with E-state index in [9.17, 15) is 19.2 Å². The van der Waals surface area contributed by atoms with Crippen LogP contribution in [0.25, 0.3) is 0 Å². The Labute approximate surface area is 169 Å². The molecule has 1 aliphatic rings. The van der Waals surface area contributed by atoms with Gasteiger partial charge in [-0.25, -0.2) is 0 Å². The maximum atomic E-state index is 12.2. The van der Waals surface area contributed by atoms with Gasteiger partial charge in [0.2, 0.25) is 0 Å². The van der Waals surface area contributed by atoms with Crippen LogP contribution >= 0.6 is 11.3 Å². The van der Waals surface area contributed by atoms with Gasteiger partial charge < -0.3 is 14.2 Å². The predicted molar refractivity (Wildman–Crippen MR) is 102 cm³/mol. The van der Waals surface area contributed by atoms with Crippen LogP contribution in [0.15, 0.2) is 35.7 Å². The summed E-state index contributed by atoms with van der Waals surface area (Å²) in [5.41, 5.74) is 4.75. The number of ketones is 1. The number of ether oxygens (including phenoxy) is 3. The molecule has 0 bridgehead atoms. The molecule has 152 valence electrons. The zero-order valence-electron chi connectivity index (χ0n) is 15.3. The standard InChI is InChI=1S/C19H18N2O7S/c22-13(12-3-5-14-15(10-12)27-8-7-26-14)4-6-18(24)28-11-17(23)20-21-19(25)16-2-1-9-29-16/h1-3,5,9-10H,4,6-8,11H2,(H,20,23)(H,21,25). The summed E-state index contributed by atoms with van der Waals surface area (Å²) in [7, 11) is 0. The molecule has 2 aromatic rings. The summed E-state index contributed by atoms with van der Waals surface area (Å²) in [5, 5.41) is 1.73. The molecule has 1 aromatic heterocycles. The van der Waals surface area contributed by atoms with Crippen LogP contribution in [-0.2, 0) is 14.3 Å². The molecular weight excluding hydrogens is 400 g/mol. The van der Waals surface area contributed by atoms with Crippen molar-refractivity contribution in [1.82, 2.24) is 10.9 Å². The molecule has 2 amide bonds. The van der Waals surface area contributed by atoms with E-state index >= 15 is 0 Å². The summed E-state index contributed by atoms with van der Waals surface area (Å²) in [6, 6.07) is 8.13. The molecule has 0 radical (unpaired) electrons. The van der Waals surface area contributed by atoms with Crippen molar-refractivity contribution in [1.29, 1.82) is 0 Å². The second-order valence-corrected chi connectivity index (χ2v) is 6.87. The molecule has 1 aliphatic heterocycles. The van der Waals surface area contributed by atoms with E-state index < -0.39 is 24.4 Å². The van der Waals surface area contributed by atoms with E-state index in [0.717, 1.165) is 0 Å². The molecule has 10 heteroatoms. The first-order valence-electron chi connectivity index (χ1n) is 8.74. The Hall–Kier alpha value is -3.40. The van der Waals surface area contributed by atoms with Gasteiger partial charge in [-0.05, 0) is 29.6 Å². The van der Waals surface area contributed by atoms with Gasteiger partial charge in [0.05, 0.1) is 11.3 Å². The highest BCUT2D eigenvalue weighted by molar-refractivity contribution is 7.12. The molecule has 0 saturated heterocycles. The average Bonchev–Trinajstić information content (AvgIpc) is 3.29. The molecule has 2 heterocycles. The first kappa shape index (κ1) is 20.3. The van der Waals surface area contributed by atoms with Crippen LogP contribution in [0.5, 0.6) is 11.5 Å². The van der Waals surface area contributed by atoms with Crippen molar-refractivity contribution in [3.05, 3.63) is 46.2 Å². The summed E-state index contributed by atoms with van der Waals surface area (Å²) >= 11 is 1.22. The minimum absolute atomic E-state index is 0.0742. The average molecular weight is 418 g/mol. The fourth-order valence-electron chi connectivity index (χ4n) is 2.43. The quantitative estimate of drug-likeness (QED) is 0.397. The molecule has 0 aliphatic carbocycles. The number of hydrazine groups is 1. The largest absolute Gasteiger partial charge is 0.486 e. The minimum atomic E-state index is -0.698. The van der Waals surface area contributed by atoms with Crippen molar-refractivity contribution < 1.29 is 33.4 Å². The number of fused-ring (bicyclic) bond motifs is 1. The number of rotatable bonds is 7. The van der Waals surface area contributed by atoms with E-state index in [1.54, 1.807) is 35.7 Å². The molecule has 3 rings (SSSR count). The van der Waals surface area contributed by atoms with Gasteiger partial charge in [-0.1, -0.05) is 6.07 Å². The number of benzene rings is 1. The summed E-state index contributed by atoms with van der Waals surface area (Å²) in [6.45, 7) is 0.298. The van der Waals surface area contributed by atoms with E-state index in [2.05, 4.69) is 10.9 Å².